The Balaban J connectivity index is 0.000000136. The minimum atomic E-state index is 0.726. The first-order chi connectivity index (χ1) is 12.5. The maximum Gasteiger partial charge on any atom is 0.0711 e. The number of rotatable bonds is 0. The summed E-state index contributed by atoms with van der Waals surface area (Å²) >= 11 is 0. The van der Waals surface area contributed by atoms with Crippen molar-refractivity contribution in [1.29, 1.82) is 0 Å². The lowest BCUT2D eigenvalue weighted by Crippen LogP contribution is -1.95. The molecular formula is C24H25NSi. The Labute approximate surface area is 159 Å². The van der Waals surface area contributed by atoms with E-state index < -0.39 is 0 Å². The first-order valence-corrected chi connectivity index (χ1v) is 10.5. The molecule has 130 valence electrons. The molecule has 1 nitrogen and oxygen atoms in total. The van der Waals surface area contributed by atoms with E-state index >= 15 is 0 Å². The molecule has 0 aromatic heterocycles. The van der Waals surface area contributed by atoms with Crippen LogP contribution in [0.4, 0.5) is 0 Å². The molecule has 0 saturated carbocycles. The summed E-state index contributed by atoms with van der Waals surface area (Å²) in [5, 5.41) is 2.77. The highest BCUT2D eigenvalue weighted by molar-refractivity contribution is 6.17. The molecule has 1 heterocycles. The number of allylic oxidation sites excluding steroid dienone is 5. The zero-order valence-corrected chi connectivity index (χ0v) is 18.2. The molecule has 0 N–H and O–H groups in total. The average Bonchev–Trinajstić information content (AvgIpc) is 3.24. The fourth-order valence-electron chi connectivity index (χ4n) is 4.05. The summed E-state index contributed by atoms with van der Waals surface area (Å²) in [5.74, 6) is 0. The smallest absolute Gasteiger partial charge is 0.0711 e. The van der Waals surface area contributed by atoms with E-state index in [1.807, 2.05) is 0 Å². The van der Waals surface area contributed by atoms with Crippen LogP contribution in [0, 0.1) is 0 Å². The van der Waals surface area contributed by atoms with Crippen molar-refractivity contribution in [3.05, 3.63) is 87.7 Å². The lowest BCUT2D eigenvalue weighted by molar-refractivity contribution is 1.14. The van der Waals surface area contributed by atoms with Gasteiger partial charge in [-0.15, -0.1) is 0 Å². The van der Waals surface area contributed by atoms with Gasteiger partial charge in [0.15, 0.2) is 0 Å². The fraction of sp³-hybridized carbons (Fsp3) is 0.208. The number of fused-ring (bicyclic) bond motifs is 4. The summed E-state index contributed by atoms with van der Waals surface area (Å²) in [4.78, 5) is 4.43. The highest BCUT2D eigenvalue weighted by Gasteiger charge is 2.21. The highest BCUT2D eigenvalue weighted by atomic mass is 28.1. The van der Waals surface area contributed by atoms with E-state index in [-0.39, 0.29) is 0 Å². The standard InChI is InChI=1S/C14H14Si.C10H11N/c1-9-8-13-11-5-3-2-4-10(11)6-7-12(13)14(9)15;1-6-4-5-9-10(6)7(2)8(3)11-9/h2-8,14H,1,15H3;4-5H,1-3H3. The van der Waals surface area contributed by atoms with Gasteiger partial charge in [-0.2, -0.15) is 0 Å². The second-order valence-electron chi connectivity index (χ2n) is 7.50. The van der Waals surface area contributed by atoms with E-state index in [0.717, 1.165) is 11.2 Å². The van der Waals surface area contributed by atoms with Gasteiger partial charge in [0.25, 0.3) is 0 Å². The van der Waals surface area contributed by atoms with Crippen LogP contribution in [0.1, 0.15) is 44.4 Å². The summed E-state index contributed by atoms with van der Waals surface area (Å²) in [6.07, 6.45) is 6.59. The molecular weight excluding hydrogens is 330 g/mol. The van der Waals surface area contributed by atoms with Gasteiger partial charge in [-0.3, -0.25) is 4.99 Å². The molecule has 0 saturated heterocycles. The predicted octanol–water partition coefficient (Wildman–Crippen LogP) is 5.28. The summed E-state index contributed by atoms with van der Waals surface area (Å²) in [6.45, 7) is 8.59. The van der Waals surface area contributed by atoms with Gasteiger partial charge < -0.3 is 0 Å². The topological polar surface area (TPSA) is 12.4 Å². The fourth-order valence-corrected chi connectivity index (χ4v) is 4.72. The van der Waals surface area contributed by atoms with Crippen LogP contribution in [0.2, 0.25) is 0 Å². The first kappa shape index (κ1) is 17.0. The molecule has 2 heteroatoms. The van der Waals surface area contributed by atoms with E-state index in [1.54, 1.807) is 0 Å². The van der Waals surface area contributed by atoms with Gasteiger partial charge in [-0.1, -0.05) is 54.1 Å². The van der Waals surface area contributed by atoms with E-state index in [9.17, 15) is 0 Å². The van der Waals surface area contributed by atoms with Crippen molar-refractivity contribution in [2.75, 3.05) is 0 Å². The van der Waals surface area contributed by atoms with Crippen molar-refractivity contribution < 1.29 is 0 Å². The third-order valence-corrected chi connectivity index (χ3v) is 7.41. The second kappa shape index (κ2) is 6.37. The van der Waals surface area contributed by atoms with Crippen molar-refractivity contribution >= 4 is 32.8 Å². The molecule has 1 unspecified atom stereocenters. The van der Waals surface area contributed by atoms with Gasteiger partial charge in [0, 0.05) is 21.5 Å². The Morgan fingerprint density at radius 2 is 1.69 bits per heavy atom. The number of benzene rings is 2. The molecule has 0 bridgehead atoms. The van der Waals surface area contributed by atoms with E-state index in [0.29, 0.717) is 0 Å². The normalized spacial score (nSPS) is 20.2. The van der Waals surface area contributed by atoms with E-state index in [2.05, 4.69) is 87.3 Å². The van der Waals surface area contributed by atoms with Gasteiger partial charge in [0.1, 0.15) is 0 Å². The van der Waals surface area contributed by atoms with Crippen LogP contribution in [0.5, 0.6) is 0 Å². The SMILES string of the molecule is CC1=CC=C2N=C(C)C(C)=C12.CC1=Cc2c(ccc3ccccc23)C1[SiH3]. The molecule has 0 spiro atoms. The molecule has 5 rings (SSSR count). The molecule has 0 fully saturated rings. The summed E-state index contributed by atoms with van der Waals surface area (Å²) in [5.41, 5.74) is 11.6. The molecule has 2 aliphatic carbocycles. The van der Waals surface area contributed by atoms with Gasteiger partial charge in [0.05, 0.1) is 5.70 Å². The lowest BCUT2D eigenvalue weighted by Gasteiger charge is -2.08. The Kier molecular flexibility index (Phi) is 4.16. The Morgan fingerprint density at radius 1 is 0.923 bits per heavy atom. The number of nitrogens with zero attached hydrogens (tertiary/aromatic N) is 1. The number of aliphatic imine (C=N–C) groups is 1. The highest BCUT2D eigenvalue weighted by Crippen LogP contribution is 2.37. The molecule has 3 aliphatic rings. The summed E-state index contributed by atoms with van der Waals surface area (Å²) in [7, 11) is 1.22. The molecule has 1 atom stereocenters. The zero-order chi connectivity index (χ0) is 18.4. The monoisotopic (exact) mass is 355 g/mol. The number of hydrogen-bond acceptors (Lipinski definition) is 1. The van der Waals surface area contributed by atoms with Crippen molar-refractivity contribution in [2.24, 2.45) is 4.99 Å². The molecule has 0 amide bonds. The lowest BCUT2D eigenvalue weighted by atomic mass is 10.0. The van der Waals surface area contributed by atoms with Gasteiger partial charge in [-0.25, -0.2) is 0 Å². The van der Waals surface area contributed by atoms with Crippen molar-refractivity contribution in [1.82, 2.24) is 0 Å². The Hall–Kier alpha value is -2.45. The van der Waals surface area contributed by atoms with Gasteiger partial charge >= 0.3 is 0 Å². The average molecular weight is 356 g/mol. The van der Waals surface area contributed by atoms with Crippen molar-refractivity contribution in [3.63, 3.8) is 0 Å². The van der Waals surface area contributed by atoms with Crippen LogP contribution in [0.15, 0.2) is 81.5 Å². The quantitative estimate of drug-likeness (QED) is 0.570. The minimum Gasteiger partial charge on any atom is -0.253 e. The second-order valence-corrected chi connectivity index (χ2v) is 8.65. The third kappa shape index (κ3) is 2.65. The van der Waals surface area contributed by atoms with Crippen molar-refractivity contribution in [2.45, 2.75) is 33.2 Å². The van der Waals surface area contributed by atoms with Crippen LogP contribution in [-0.2, 0) is 0 Å². The van der Waals surface area contributed by atoms with E-state index in [1.165, 1.54) is 60.1 Å². The summed E-state index contributed by atoms with van der Waals surface area (Å²) in [6, 6.07) is 13.2. The zero-order valence-electron chi connectivity index (χ0n) is 16.2. The number of hydrogen-bond donors (Lipinski definition) is 0. The maximum absolute atomic E-state index is 4.43. The largest absolute Gasteiger partial charge is 0.253 e. The van der Waals surface area contributed by atoms with Crippen LogP contribution >= 0.6 is 0 Å². The van der Waals surface area contributed by atoms with Crippen molar-refractivity contribution in [3.8, 4) is 0 Å². The summed E-state index contributed by atoms with van der Waals surface area (Å²) < 4.78 is 0. The Bertz CT molecular complexity index is 1080. The minimum absolute atomic E-state index is 0.726. The molecule has 0 radical (unpaired) electrons. The molecule has 2 aromatic rings. The van der Waals surface area contributed by atoms with Crippen LogP contribution < -0.4 is 0 Å². The maximum atomic E-state index is 4.43. The van der Waals surface area contributed by atoms with Crippen LogP contribution in [0.25, 0.3) is 16.8 Å². The Morgan fingerprint density at radius 3 is 2.46 bits per heavy atom. The van der Waals surface area contributed by atoms with Crippen LogP contribution in [0.3, 0.4) is 0 Å². The van der Waals surface area contributed by atoms with Gasteiger partial charge in [0.2, 0.25) is 0 Å². The molecule has 1 aliphatic heterocycles. The van der Waals surface area contributed by atoms with E-state index in [4.69, 9.17) is 0 Å². The molecule has 26 heavy (non-hydrogen) atoms. The third-order valence-electron chi connectivity index (χ3n) is 5.87. The predicted molar refractivity (Wildman–Crippen MR) is 118 cm³/mol. The van der Waals surface area contributed by atoms with Gasteiger partial charge in [-0.05, 0) is 72.4 Å². The first-order valence-electron chi connectivity index (χ1n) is 9.33. The van der Waals surface area contributed by atoms with Crippen LogP contribution in [-0.4, -0.2) is 16.0 Å². The molecule has 2 aromatic carbocycles.